The summed E-state index contributed by atoms with van der Waals surface area (Å²) in [6.45, 7) is 0.694. The average Bonchev–Trinajstić information content (AvgIpc) is 2.40. The lowest BCUT2D eigenvalue weighted by molar-refractivity contribution is -0.105. The minimum absolute atomic E-state index is 0.0636. The maximum absolute atomic E-state index is 9.21. The number of methoxy groups -OCH3 is 1. The first kappa shape index (κ1) is 12.2. The minimum atomic E-state index is -0.163. The van der Waals surface area contributed by atoms with Gasteiger partial charge >= 0.3 is 0 Å². The number of rotatable bonds is 4. The Morgan fingerprint density at radius 2 is 2.29 bits per heavy atom. The molecule has 0 aromatic heterocycles. The van der Waals surface area contributed by atoms with Gasteiger partial charge in [-0.3, -0.25) is 0 Å². The number of hydrogen-bond acceptors (Lipinski definition) is 4. The topological polar surface area (TPSA) is 47.9 Å². The largest absolute Gasteiger partial charge is 0.496 e. The first-order valence-corrected chi connectivity index (χ1v) is 5.89. The lowest BCUT2D eigenvalue weighted by atomic mass is 10.2. The zero-order valence-electron chi connectivity index (χ0n) is 10.0. The molecular formula is C13H18O4. The molecule has 2 rings (SSSR count). The molecule has 4 nitrogen and oxygen atoms in total. The highest BCUT2D eigenvalue weighted by atomic mass is 16.7. The molecule has 1 saturated heterocycles. The van der Waals surface area contributed by atoms with E-state index >= 15 is 0 Å². The number of aliphatic hydroxyl groups excluding tert-OH is 1. The van der Waals surface area contributed by atoms with Gasteiger partial charge in [-0.2, -0.15) is 0 Å². The summed E-state index contributed by atoms with van der Waals surface area (Å²) in [5.41, 5.74) is 0.723. The fourth-order valence-electron chi connectivity index (χ4n) is 1.91. The normalized spacial score (nSPS) is 20.0. The van der Waals surface area contributed by atoms with Crippen LogP contribution in [0.5, 0.6) is 11.5 Å². The molecule has 1 aliphatic heterocycles. The molecule has 1 unspecified atom stereocenters. The molecule has 1 heterocycles. The fraction of sp³-hybridized carbons (Fsp3) is 0.538. The highest BCUT2D eigenvalue weighted by Gasteiger charge is 2.15. The summed E-state index contributed by atoms with van der Waals surface area (Å²) in [4.78, 5) is 0. The lowest BCUT2D eigenvalue weighted by Crippen LogP contribution is -2.25. The van der Waals surface area contributed by atoms with Crippen LogP contribution in [0.15, 0.2) is 18.2 Å². The van der Waals surface area contributed by atoms with Gasteiger partial charge in [0.15, 0.2) is 6.29 Å². The Morgan fingerprint density at radius 3 is 2.94 bits per heavy atom. The monoisotopic (exact) mass is 238 g/mol. The van der Waals surface area contributed by atoms with Gasteiger partial charge in [-0.05, 0) is 31.0 Å². The van der Waals surface area contributed by atoms with Crippen molar-refractivity contribution in [2.45, 2.75) is 32.2 Å². The molecule has 0 amide bonds. The van der Waals surface area contributed by atoms with Crippen LogP contribution in [0.1, 0.15) is 24.8 Å². The second kappa shape index (κ2) is 5.89. The van der Waals surface area contributed by atoms with Gasteiger partial charge in [0.1, 0.15) is 11.5 Å². The van der Waals surface area contributed by atoms with Crippen LogP contribution in [-0.2, 0) is 11.3 Å². The van der Waals surface area contributed by atoms with Gasteiger partial charge in [0.25, 0.3) is 0 Å². The molecule has 1 aromatic carbocycles. The van der Waals surface area contributed by atoms with E-state index in [-0.39, 0.29) is 12.9 Å². The molecule has 0 radical (unpaired) electrons. The van der Waals surface area contributed by atoms with Crippen LogP contribution in [0, 0.1) is 0 Å². The highest BCUT2D eigenvalue weighted by molar-refractivity contribution is 5.39. The van der Waals surface area contributed by atoms with E-state index in [0.29, 0.717) is 11.5 Å². The first-order chi connectivity index (χ1) is 8.33. The van der Waals surface area contributed by atoms with Crippen molar-refractivity contribution in [3.05, 3.63) is 23.8 Å². The van der Waals surface area contributed by atoms with Crippen LogP contribution >= 0.6 is 0 Å². The molecule has 4 heteroatoms. The summed E-state index contributed by atoms with van der Waals surface area (Å²) in [7, 11) is 1.58. The molecule has 0 spiro atoms. The predicted molar refractivity (Wildman–Crippen MR) is 63.1 cm³/mol. The van der Waals surface area contributed by atoms with Gasteiger partial charge in [-0.1, -0.05) is 0 Å². The van der Waals surface area contributed by atoms with Crippen LogP contribution in [-0.4, -0.2) is 25.1 Å². The standard InChI is InChI=1S/C13H18O4/c1-15-12-6-5-11(8-10(12)9-14)17-13-4-2-3-7-16-13/h5-6,8,13-14H,2-4,7,9H2,1H3. The third-order valence-corrected chi connectivity index (χ3v) is 2.83. The van der Waals surface area contributed by atoms with E-state index < -0.39 is 0 Å². The molecule has 1 N–H and O–H groups in total. The van der Waals surface area contributed by atoms with Gasteiger partial charge in [-0.15, -0.1) is 0 Å². The molecular weight excluding hydrogens is 220 g/mol. The number of hydrogen-bond donors (Lipinski definition) is 1. The van der Waals surface area contributed by atoms with E-state index in [2.05, 4.69) is 0 Å². The molecule has 94 valence electrons. The van der Waals surface area contributed by atoms with Gasteiger partial charge in [0, 0.05) is 12.0 Å². The van der Waals surface area contributed by atoms with E-state index in [1.54, 1.807) is 19.2 Å². The Hall–Kier alpha value is -1.26. The van der Waals surface area contributed by atoms with Gasteiger partial charge < -0.3 is 19.3 Å². The summed E-state index contributed by atoms with van der Waals surface area (Å²) < 4.78 is 16.3. The third-order valence-electron chi connectivity index (χ3n) is 2.83. The molecule has 1 aromatic rings. The second-order valence-electron chi connectivity index (χ2n) is 4.05. The van der Waals surface area contributed by atoms with Gasteiger partial charge in [0.2, 0.25) is 0 Å². The van der Waals surface area contributed by atoms with Crippen molar-refractivity contribution < 1.29 is 19.3 Å². The van der Waals surface area contributed by atoms with Gasteiger partial charge in [-0.25, -0.2) is 0 Å². The van der Waals surface area contributed by atoms with Crippen molar-refractivity contribution in [2.24, 2.45) is 0 Å². The zero-order chi connectivity index (χ0) is 12.1. The Labute approximate surface area is 101 Å². The summed E-state index contributed by atoms with van der Waals surface area (Å²) in [6.07, 6.45) is 2.99. The summed E-state index contributed by atoms with van der Waals surface area (Å²) in [6, 6.07) is 5.41. The van der Waals surface area contributed by atoms with Crippen molar-refractivity contribution in [3.8, 4) is 11.5 Å². The first-order valence-electron chi connectivity index (χ1n) is 5.89. The molecule has 0 saturated carbocycles. The lowest BCUT2D eigenvalue weighted by Gasteiger charge is -2.23. The van der Waals surface area contributed by atoms with Gasteiger partial charge in [0.05, 0.1) is 20.3 Å². The van der Waals surface area contributed by atoms with E-state index in [0.717, 1.165) is 31.4 Å². The average molecular weight is 238 g/mol. The molecule has 1 fully saturated rings. The molecule has 17 heavy (non-hydrogen) atoms. The van der Waals surface area contributed by atoms with Crippen LogP contribution in [0.4, 0.5) is 0 Å². The Balaban J connectivity index is 2.05. The van der Waals surface area contributed by atoms with E-state index in [1.807, 2.05) is 6.07 Å². The summed E-state index contributed by atoms with van der Waals surface area (Å²) in [5, 5.41) is 9.21. The number of benzene rings is 1. The SMILES string of the molecule is COc1ccc(OC2CCCCO2)cc1CO. The second-order valence-corrected chi connectivity index (χ2v) is 4.05. The van der Waals surface area contributed by atoms with Crippen LogP contribution in [0.25, 0.3) is 0 Å². The Kier molecular flexibility index (Phi) is 4.23. The van der Waals surface area contributed by atoms with Crippen molar-refractivity contribution >= 4 is 0 Å². The van der Waals surface area contributed by atoms with E-state index in [4.69, 9.17) is 14.2 Å². The van der Waals surface area contributed by atoms with Crippen molar-refractivity contribution in [1.82, 2.24) is 0 Å². The predicted octanol–water partition coefficient (Wildman–Crippen LogP) is 2.09. The fourth-order valence-corrected chi connectivity index (χ4v) is 1.91. The maximum atomic E-state index is 9.21. The van der Waals surface area contributed by atoms with Crippen molar-refractivity contribution in [1.29, 1.82) is 0 Å². The molecule has 1 aliphatic rings. The summed E-state index contributed by atoms with van der Waals surface area (Å²) >= 11 is 0. The number of ether oxygens (including phenoxy) is 3. The minimum Gasteiger partial charge on any atom is -0.496 e. The number of aliphatic hydroxyl groups is 1. The highest BCUT2D eigenvalue weighted by Crippen LogP contribution is 2.26. The third kappa shape index (κ3) is 3.11. The smallest absolute Gasteiger partial charge is 0.199 e. The van der Waals surface area contributed by atoms with Crippen molar-refractivity contribution in [2.75, 3.05) is 13.7 Å². The Morgan fingerprint density at radius 1 is 1.41 bits per heavy atom. The molecule has 0 aliphatic carbocycles. The van der Waals surface area contributed by atoms with Crippen molar-refractivity contribution in [3.63, 3.8) is 0 Å². The maximum Gasteiger partial charge on any atom is 0.199 e. The van der Waals surface area contributed by atoms with Crippen LogP contribution < -0.4 is 9.47 Å². The zero-order valence-corrected chi connectivity index (χ0v) is 10.0. The summed E-state index contributed by atoms with van der Waals surface area (Å²) in [5.74, 6) is 1.38. The van der Waals surface area contributed by atoms with E-state index in [1.165, 1.54) is 0 Å². The quantitative estimate of drug-likeness (QED) is 0.872. The van der Waals surface area contributed by atoms with E-state index in [9.17, 15) is 5.11 Å². The van der Waals surface area contributed by atoms with Crippen LogP contribution in [0.3, 0.4) is 0 Å². The van der Waals surface area contributed by atoms with Crippen LogP contribution in [0.2, 0.25) is 0 Å². The Bertz CT molecular complexity index is 358. The molecule has 1 atom stereocenters. The molecule has 0 bridgehead atoms.